The normalized spacial score (nSPS) is 51.6. The zero-order chi connectivity index (χ0) is 100. The first-order valence-corrected chi connectivity index (χ1v) is 53.1. The Morgan fingerprint density at radius 1 is 0.439 bits per heavy atom. The number of aromatic amines is 1. The molecule has 139 heavy (non-hydrogen) atoms. The number of H-pyrrole nitrogens is 1. The molecule has 10 aliphatic heterocycles. The first kappa shape index (κ1) is 99.5. The average Bonchev–Trinajstić information content (AvgIpc) is 1.47. The van der Waals surface area contributed by atoms with Crippen LogP contribution in [0.1, 0.15) is 306 Å². The van der Waals surface area contributed by atoms with Gasteiger partial charge in [0.15, 0.2) is 24.1 Å². The van der Waals surface area contributed by atoms with Crippen LogP contribution in [-0.2, 0) is 95.3 Å². The predicted octanol–water partition coefficient (Wildman–Crippen LogP) is 14.9. The van der Waals surface area contributed by atoms with Gasteiger partial charge in [-0.2, -0.15) is 0 Å². The van der Waals surface area contributed by atoms with Gasteiger partial charge < -0.3 is 88.4 Å². The van der Waals surface area contributed by atoms with Gasteiger partial charge in [-0.1, -0.05) is 151 Å². The Bertz CT molecular complexity index is 5360. The fraction of sp³-hybridized carbons (Fsp3) is 0.812. The first-order valence-electron chi connectivity index (χ1n) is 53.1. The lowest BCUT2D eigenvalue weighted by Gasteiger charge is -2.70. The van der Waals surface area contributed by atoms with Crippen molar-refractivity contribution in [2.45, 2.75) is 397 Å². The highest BCUT2D eigenvalue weighted by Crippen LogP contribution is 2.85. The lowest BCUT2D eigenvalue weighted by Crippen LogP contribution is -2.75. The minimum Gasteiger partial charge on any atom is -0.462 e. The molecule has 0 amide bonds. The largest absolute Gasteiger partial charge is 0.462 e. The molecule has 1 aromatic rings. The second kappa shape index (κ2) is 32.1. The van der Waals surface area contributed by atoms with Crippen molar-refractivity contribution in [3.8, 4) is 0 Å². The zero-order valence-corrected chi connectivity index (χ0v) is 87.1. The van der Waals surface area contributed by atoms with Crippen LogP contribution in [0, 0.1) is 140 Å². The number of aromatic nitrogens is 1. The summed E-state index contributed by atoms with van der Waals surface area (Å²) in [5, 5.41) is 43.1. The van der Waals surface area contributed by atoms with E-state index in [0.717, 1.165) is 151 Å². The van der Waals surface area contributed by atoms with Gasteiger partial charge in [0.1, 0.15) is 65.6 Å². The van der Waals surface area contributed by atoms with E-state index in [-0.39, 0.29) is 204 Å². The minimum absolute atomic E-state index is 0.0352. The second-order valence-corrected chi connectivity index (χ2v) is 52.9. The van der Waals surface area contributed by atoms with E-state index in [1.807, 2.05) is 38.5 Å². The van der Waals surface area contributed by atoms with Crippen molar-refractivity contribution in [2.75, 3.05) is 32.7 Å². The van der Waals surface area contributed by atoms with Crippen LogP contribution in [0.25, 0.3) is 0 Å². The van der Waals surface area contributed by atoms with E-state index in [1.165, 1.54) is 27.7 Å². The minimum atomic E-state index is -0.769. The lowest BCUT2D eigenvalue weighted by molar-refractivity contribution is -0.277. The molecule has 1 aromatic heterocycles. The summed E-state index contributed by atoms with van der Waals surface area (Å²) in [5.41, 5.74) is -3.50. The van der Waals surface area contributed by atoms with Gasteiger partial charge in [-0.05, 0) is 255 Å². The topological polar surface area (TPSA) is 378 Å². The van der Waals surface area contributed by atoms with Crippen LogP contribution < -0.4 is 16.0 Å². The SMILES string of the molecule is CC(=O)O[C@@H]1CC2C(C)(C)C(=O)C=C[C@]2(C)C2CC[C@]3(C)C(=CC(=O)O[C@H]3C3=CNCC3)[C@@]21C.CC(=O)O[C@@H]1CC2C(C)(C)[C@H](O)CC[C@]2(C)C2CC[C@@]3(C)[C@H](C4=CCNC4)OC(=O)C4OC43[C@@]21C.CC(=O)O[C@@H]1CC2C(C)(C)[C@H](O)CC[C@]2(C)C2CC[C@@]3(C)[C@H](C4CCNC4)OC(=O)C4OC43[C@@]21C.CC(=O)O[C@@H]1CC2C(C)(C)[C@H](O)CC[C@]2(C)C2CC[C@@]3(C)[C@H](c4cc[nH]c4)OC(=O)C4OC43[C@@]21C. The second-order valence-electron chi connectivity index (χ2n) is 52.9. The number of carbonyl (C=O) groups excluding carboxylic acids is 9. The van der Waals surface area contributed by atoms with Gasteiger partial charge in [-0.25, -0.2) is 19.2 Å². The number of allylic oxidation sites excluding steroid dienone is 2. The van der Waals surface area contributed by atoms with Gasteiger partial charge in [-0.3, -0.25) is 24.0 Å². The third-order valence-corrected chi connectivity index (χ3v) is 45.9. The van der Waals surface area contributed by atoms with Crippen molar-refractivity contribution in [1.29, 1.82) is 0 Å². The van der Waals surface area contributed by atoms with E-state index in [9.17, 15) is 58.5 Å². The maximum absolute atomic E-state index is 13.3. The number of cyclic esters (lactones) is 4. The summed E-state index contributed by atoms with van der Waals surface area (Å²) in [5.74, 6) is -0.626. The monoisotopic (exact) mass is 1930 g/mol. The van der Waals surface area contributed by atoms with Crippen LogP contribution in [0.5, 0.6) is 0 Å². The molecule has 38 atom stereocenters. The molecular weight excluding hydrogens is 1770 g/mol. The van der Waals surface area contributed by atoms with Crippen molar-refractivity contribution in [3.63, 3.8) is 0 Å². The van der Waals surface area contributed by atoms with Gasteiger partial charge in [0, 0.05) is 133 Å². The highest BCUT2D eigenvalue weighted by molar-refractivity contribution is 5.96. The van der Waals surface area contributed by atoms with Crippen molar-refractivity contribution in [2.24, 2.45) is 140 Å². The third kappa shape index (κ3) is 13.0. The summed E-state index contributed by atoms with van der Waals surface area (Å²) in [6, 6.07) is 1.97. The number of fused-ring (bicyclic) bond motifs is 14. The van der Waals surface area contributed by atoms with Crippen molar-refractivity contribution in [3.05, 3.63) is 71.2 Å². The fourth-order valence-corrected chi connectivity index (χ4v) is 39.2. The van der Waals surface area contributed by atoms with Gasteiger partial charge >= 0.3 is 47.8 Å². The van der Waals surface area contributed by atoms with Gasteiger partial charge in [-0.15, -0.1) is 0 Å². The maximum atomic E-state index is 13.3. The Morgan fingerprint density at radius 3 is 1.31 bits per heavy atom. The number of esters is 8. The molecule has 22 aliphatic rings. The van der Waals surface area contributed by atoms with Crippen LogP contribution in [-0.4, -0.2) is 203 Å². The van der Waals surface area contributed by atoms with Crippen LogP contribution in [0.4, 0.5) is 0 Å². The summed E-state index contributed by atoms with van der Waals surface area (Å²) in [4.78, 5) is 119. The molecule has 12 aliphatic carbocycles. The van der Waals surface area contributed by atoms with Crippen molar-refractivity contribution in [1.82, 2.24) is 20.9 Å². The molecule has 3 spiro atoms. The summed E-state index contributed by atoms with van der Waals surface area (Å²) < 4.78 is 68.7. The van der Waals surface area contributed by atoms with Gasteiger partial charge in [0.25, 0.3) is 0 Å². The van der Waals surface area contributed by atoms with Crippen LogP contribution in [0.15, 0.2) is 65.7 Å². The fourth-order valence-electron chi connectivity index (χ4n) is 39.2. The Balaban J connectivity index is 0.000000114. The highest BCUT2D eigenvalue weighted by atomic mass is 16.7. The predicted molar refractivity (Wildman–Crippen MR) is 511 cm³/mol. The molecule has 7 N–H and O–H groups in total. The number of aliphatic hydroxyl groups excluding tert-OH is 3. The number of rotatable bonds is 8. The maximum Gasteiger partial charge on any atom is 0.339 e. The summed E-state index contributed by atoms with van der Waals surface area (Å²) >= 11 is 0. The molecular formula is C112H160N4O23. The number of hydrogen-bond acceptors (Lipinski definition) is 26. The number of aliphatic hydroxyl groups is 3. The Labute approximate surface area is 821 Å². The van der Waals surface area contributed by atoms with E-state index in [2.05, 4.69) is 158 Å². The molecule has 18 fully saturated rings. The molecule has 27 nitrogen and oxygen atoms in total. The van der Waals surface area contributed by atoms with E-state index >= 15 is 0 Å². The Kier molecular flexibility index (Phi) is 23.0. The summed E-state index contributed by atoms with van der Waals surface area (Å²) in [7, 11) is 0. The van der Waals surface area contributed by atoms with Crippen LogP contribution in [0.3, 0.4) is 0 Å². The number of ether oxygens (including phenoxy) is 11. The smallest absolute Gasteiger partial charge is 0.339 e. The van der Waals surface area contributed by atoms with E-state index < -0.39 is 91.3 Å². The molecule has 23 rings (SSSR count). The summed E-state index contributed by atoms with van der Waals surface area (Å²) in [6.45, 7) is 54.3. The first-order chi connectivity index (χ1) is 64.9. The van der Waals surface area contributed by atoms with Crippen molar-refractivity contribution < 1.29 is 111 Å². The highest BCUT2D eigenvalue weighted by Gasteiger charge is 2.93. The van der Waals surface area contributed by atoms with Crippen molar-refractivity contribution >= 4 is 53.5 Å². The standard InChI is InChI=1S/C28H43NO6.C28H41NO6.C28H39NO6.C28H37NO5/c3*1-15(30)33-20-13-18-24(2,3)19(31)8-10-25(18,4)17-7-11-26(5)21(16-9-12-29-14-16)34-23(32)22-28(26,35-22)27(17,20)6;1-16(30)33-22-13-19-25(2,3)21(31)8-11-26(19,4)18-7-10-27(5)20(28(18,22)6)14-23(32)34-24(27)17-9-12-29-15-17/h16-22,29,31H,7-14H2,1-6H3;9,17-22,29,31H,7-8,10-14H2,1-6H3;9,12,14,17-22,29,31H,7-8,10-11,13H2,1-6H3;8,11,14-15,18-19,22,24,29H,7,9-10,12-13H2,1-6H3/t16?,17?,18?,19-,20-,21+,22?,25-,26+,27+,28?;2*17?,18?,19-,20-,21+,22?,25-,26+,27+,28?;18?,19?,22-,24+,26-,27-,28-/m1111/s1. The number of carbonyl (C=O) groups is 9. The lowest BCUT2D eigenvalue weighted by atomic mass is 9.34. The number of epoxide rings is 3. The molecule has 0 radical (unpaired) electrons. The number of nitrogens with one attached hydrogen (secondary N) is 4. The third-order valence-electron chi connectivity index (χ3n) is 45.9. The Morgan fingerprint density at radius 2 is 0.878 bits per heavy atom. The average molecular weight is 1930 g/mol. The molecule has 766 valence electrons. The molecule has 0 aromatic carbocycles. The van der Waals surface area contributed by atoms with E-state index in [1.54, 1.807) is 12.2 Å². The molecule has 7 saturated heterocycles. The quantitative estimate of drug-likeness (QED) is 0.0550. The Hall–Kier alpha value is -6.85. The van der Waals surface area contributed by atoms with Gasteiger partial charge in [0.2, 0.25) is 0 Å². The molecule has 0 bridgehead atoms. The van der Waals surface area contributed by atoms with Crippen LogP contribution >= 0.6 is 0 Å². The number of ketones is 1. The molecule has 27 heteroatoms. The number of hydrogen-bond donors (Lipinski definition) is 7. The van der Waals surface area contributed by atoms with Gasteiger partial charge in [0.05, 0.1) is 18.3 Å². The zero-order valence-electron chi connectivity index (χ0n) is 87.1. The van der Waals surface area contributed by atoms with Crippen LogP contribution in [0.2, 0.25) is 0 Å². The van der Waals surface area contributed by atoms with E-state index in [4.69, 9.17) is 52.1 Å². The molecule has 11 heterocycles. The molecule has 11 saturated carbocycles. The van der Waals surface area contributed by atoms with E-state index in [0.29, 0.717) is 32.2 Å². The summed E-state index contributed by atoms with van der Waals surface area (Å²) in [6.07, 6.45) is 24.5. The molecule has 15 unspecified atom stereocenters.